The zero-order chi connectivity index (χ0) is 19.2. The van der Waals surface area contributed by atoms with Crippen LogP contribution in [0.1, 0.15) is 24.8 Å². The lowest BCUT2D eigenvalue weighted by molar-refractivity contribution is -0.116. The van der Waals surface area contributed by atoms with Crippen LogP contribution in [0.15, 0.2) is 48.8 Å². The molecular weight excluding hydrogens is 342 g/mol. The number of carbonyl (C=O) groups excluding carboxylic acids is 2. The number of rotatable bonds is 7. The minimum atomic E-state index is -0.541. The summed E-state index contributed by atoms with van der Waals surface area (Å²) in [6.45, 7) is 2.52. The lowest BCUT2D eigenvalue weighted by Crippen LogP contribution is -2.30. The first kappa shape index (κ1) is 18.4. The minimum absolute atomic E-state index is 0.0508. The second kappa shape index (κ2) is 8.35. The molecule has 0 spiro atoms. The Kier molecular flexibility index (Phi) is 5.71. The number of nitrogens with one attached hydrogen (secondary N) is 2. The number of aryl methyl sites for hydroxylation is 1. The number of anilines is 1. The van der Waals surface area contributed by atoms with Gasteiger partial charge in [0.2, 0.25) is 5.91 Å². The van der Waals surface area contributed by atoms with Gasteiger partial charge >= 0.3 is 6.03 Å². The van der Waals surface area contributed by atoms with Gasteiger partial charge in [-0.2, -0.15) is 0 Å². The molecule has 27 heavy (non-hydrogen) atoms. The lowest BCUT2D eigenvalue weighted by Gasteiger charge is -2.06. The Labute approximate surface area is 157 Å². The fourth-order valence-electron chi connectivity index (χ4n) is 2.86. The summed E-state index contributed by atoms with van der Waals surface area (Å²) in [4.78, 5) is 27.2. The molecule has 0 bridgehead atoms. The third kappa shape index (κ3) is 4.84. The average Bonchev–Trinajstić information content (AvgIpc) is 3.07. The van der Waals surface area contributed by atoms with Gasteiger partial charge in [0.15, 0.2) is 0 Å². The Morgan fingerprint density at radius 2 is 1.93 bits per heavy atom. The van der Waals surface area contributed by atoms with Crippen LogP contribution in [0.4, 0.5) is 10.5 Å². The highest BCUT2D eigenvalue weighted by molar-refractivity contribution is 5.90. The Bertz CT molecular complexity index is 947. The number of carbonyl (C=O) groups is 2. The maximum Gasteiger partial charge on any atom is 0.312 e. The summed E-state index contributed by atoms with van der Waals surface area (Å²) in [6.07, 6.45) is 5.77. The fraction of sp³-hybridized carbons (Fsp3) is 0.250. The van der Waals surface area contributed by atoms with Gasteiger partial charge in [0, 0.05) is 36.6 Å². The molecule has 2 heterocycles. The van der Waals surface area contributed by atoms with Crippen molar-refractivity contribution < 1.29 is 9.59 Å². The van der Waals surface area contributed by atoms with Gasteiger partial charge < -0.3 is 20.8 Å². The molecule has 0 fully saturated rings. The maximum absolute atomic E-state index is 12.0. The topological polar surface area (TPSA) is 102 Å². The van der Waals surface area contributed by atoms with Crippen molar-refractivity contribution in [3.05, 3.63) is 54.4 Å². The lowest BCUT2D eigenvalue weighted by atomic mass is 10.1. The molecule has 0 saturated heterocycles. The van der Waals surface area contributed by atoms with Gasteiger partial charge in [0.05, 0.1) is 5.69 Å². The number of imidazole rings is 1. The fourth-order valence-corrected chi connectivity index (χ4v) is 2.86. The van der Waals surface area contributed by atoms with Crippen molar-refractivity contribution in [2.24, 2.45) is 5.73 Å². The zero-order valence-corrected chi connectivity index (χ0v) is 15.2. The Balaban J connectivity index is 1.56. The summed E-state index contributed by atoms with van der Waals surface area (Å²) >= 11 is 0. The van der Waals surface area contributed by atoms with Gasteiger partial charge in [-0.3, -0.25) is 4.79 Å². The van der Waals surface area contributed by atoms with Crippen LogP contribution < -0.4 is 16.4 Å². The highest BCUT2D eigenvalue weighted by Crippen LogP contribution is 2.22. The molecule has 0 saturated carbocycles. The molecular formula is C20H23N5O2. The molecule has 0 aliphatic rings. The average molecular weight is 365 g/mol. The van der Waals surface area contributed by atoms with E-state index in [4.69, 9.17) is 5.73 Å². The van der Waals surface area contributed by atoms with Crippen molar-refractivity contribution in [1.29, 1.82) is 0 Å². The number of fused-ring (bicyclic) bond motifs is 1. The van der Waals surface area contributed by atoms with E-state index >= 15 is 0 Å². The first-order valence-corrected chi connectivity index (χ1v) is 8.91. The molecule has 2 aromatic heterocycles. The largest absolute Gasteiger partial charge is 0.352 e. The quantitative estimate of drug-likeness (QED) is 0.561. The number of pyridine rings is 1. The number of amides is 3. The molecule has 3 rings (SSSR count). The summed E-state index contributed by atoms with van der Waals surface area (Å²) in [5, 5.41) is 5.38. The van der Waals surface area contributed by atoms with E-state index in [-0.39, 0.29) is 5.91 Å². The van der Waals surface area contributed by atoms with Crippen LogP contribution >= 0.6 is 0 Å². The summed E-state index contributed by atoms with van der Waals surface area (Å²) in [7, 11) is 0. The SMILES string of the molecule is Cc1cccn2cc(-c3ccc(NC(=O)CCCCNC(N)=O)cc3)nc12. The smallest absolute Gasteiger partial charge is 0.312 e. The number of nitrogens with two attached hydrogens (primary N) is 1. The number of hydrogen-bond acceptors (Lipinski definition) is 3. The van der Waals surface area contributed by atoms with Crippen molar-refractivity contribution in [3.8, 4) is 11.3 Å². The van der Waals surface area contributed by atoms with Gasteiger partial charge in [-0.05, 0) is 43.5 Å². The molecule has 0 aliphatic heterocycles. The number of aromatic nitrogens is 2. The first-order valence-electron chi connectivity index (χ1n) is 8.91. The third-order valence-electron chi connectivity index (χ3n) is 4.27. The van der Waals surface area contributed by atoms with Crippen molar-refractivity contribution in [3.63, 3.8) is 0 Å². The van der Waals surface area contributed by atoms with Crippen LogP contribution in [0, 0.1) is 6.92 Å². The van der Waals surface area contributed by atoms with Crippen LogP contribution in [-0.2, 0) is 4.79 Å². The summed E-state index contributed by atoms with van der Waals surface area (Å²) in [6, 6.07) is 11.1. The van der Waals surface area contributed by atoms with Crippen molar-refractivity contribution in [2.45, 2.75) is 26.2 Å². The number of hydrogen-bond donors (Lipinski definition) is 3. The van der Waals surface area contributed by atoms with Crippen LogP contribution in [0.3, 0.4) is 0 Å². The van der Waals surface area contributed by atoms with Crippen molar-refractivity contribution in [2.75, 3.05) is 11.9 Å². The van der Waals surface area contributed by atoms with Crippen LogP contribution in [0.5, 0.6) is 0 Å². The normalized spacial score (nSPS) is 10.7. The predicted octanol–water partition coefficient (Wildman–Crippen LogP) is 3.09. The number of unbranched alkanes of at least 4 members (excludes halogenated alkanes) is 1. The highest BCUT2D eigenvalue weighted by atomic mass is 16.2. The molecule has 1 aromatic carbocycles. The Morgan fingerprint density at radius 1 is 1.15 bits per heavy atom. The maximum atomic E-state index is 12.0. The van der Waals surface area contributed by atoms with E-state index < -0.39 is 6.03 Å². The van der Waals surface area contributed by atoms with Crippen LogP contribution in [-0.4, -0.2) is 27.9 Å². The monoisotopic (exact) mass is 365 g/mol. The predicted molar refractivity (Wildman–Crippen MR) is 105 cm³/mol. The second-order valence-electron chi connectivity index (χ2n) is 6.42. The second-order valence-corrected chi connectivity index (χ2v) is 6.42. The molecule has 0 unspecified atom stereocenters. The molecule has 4 N–H and O–H groups in total. The van der Waals surface area contributed by atoms with Gasteiger partial charge in [-0.15, -0.1) is 0 Å². The Morgan fingerprint density at radius 3 is 2.63 bits per heavy atom. The summed E-state index contributed by atoms with van der Waals surface area (Å²) in [5.74, 6) is -0.0508. The minimum Gasteiger partial charge on any atom is -0.352 e. The number of nitrogens with zero attached hydrogens (tertiary/aromatic N) is 2. The molecule has 3 amide bonds. The van der Waals surface area contributed by atoms with Crippen LogP contribution in [0.25, 0.3) is 16.9 Å². The highest BCUT2D eigenvalue weighted by Gasteiger charge is 2.07. The number of urea groups is 1. The van der Waals surface area contributed by atoms with Crippen molar-refractivity contribution in [1.82, 2.24) is 14.7 Å². The van der Waals surface area contributed by atoms with Crippen LogP contribution in [0.2, 0.25) is 0 Å². The standard InChI is InChI=1S/C20H23N5O2/c1-14-5-4-12-25-13-17(24-19(14)25)15-7-9-16(10-8-15)23-18(26)6-2-3-11-22-20(21)27/h4-5,7-10,12-13H,2-3,6,11H2,1H3,(H,23,26)(H3,21,22,27). The van der Waals surface area contributed by atoms with E-state index in [2.05, 4.69) is 15.6 Å². The van der Waals surface area contributed by atoms with Gasteiger partial charge in [0.25, 0.3) is 0 Å². The van der Waals surface area contributed by atoms with Gasteiger partial charge in [-0.1, -0.05) is 18.2 Å². The van der Waals surface area contributed by atoms with E-state index in [0.717, 1.165) is 28.2 Å². The molecule has 0 radical (unpaired) electrons. The summed E-state index contributed by atoms with van der Waals surface area (Å²) < 4.78 is 2.01. The van der Waals surface area contributed by atoms with Gasteiger partial charge in [0.1, 0.15) is 5.65 Å². The molecule has 3 aromatic rings. The number of primary amides is 1. The first-order chi connectivity index (χ1) is 13.0. The molecule has 140 valence electrons. The van der Waals surface area contributed by atoms with E-state index in [1.165, 1.54) is 0 Å². The van der Waals surface area contributed by atoms with E-state index in [9.17, 15) is 9.59 Å². The zero-order valence-electron chi connectivity index (χ0n) is 15.2. The Hall–Kier alpha value is -3.35. The molecule has 0 aliphatic carbocycles. The van der Waals surface area contributed by atoms with E-state index in [1.807, 2.05) is 60.1 Å². The molecule has 7 heteroatoms. The van der Waals surface area contributed by atoms with Gasteiger partial charge in [-0.25, -0.2) is 9.78 Å². The van der Waals surface area contributed by atoms with E-state index in [1.54, 1.807) is 0 Å². The van der Waals surface area contributed by atoms with Crippen molar-refractivity contribution >= 4 is 23.3 Å². The third-order valence-corrected chi connectivity index (χ3v) is 4.27. The molecule has 0 atom stereocenters. The molecule has 7 nitrogen and oxygen atoms in total. The van der Waals surface area contributed by atoms with E-state index in [0.29, 0.717) is 25.8 Å². The summed E-state index contributed by atoms with van der Waals surface area (Å²) in [5.41, 5.74) is 9.69. The number of benzene rings is 1.